The third-order valence-electron chi connectivity index (χ3n) is 5.19. The molecule has 0 atom stereocenters. The van der Waals surface area contributed by atoms with E-state index in [9.17, 15) is 0 Å². The Morgan fingerprint density at radius 2 is 1.71 bits per heavy atom. The third kappa shape index (κ3) is 2.80. The van der Waals surface area contributed by atoms with Crippen molar-refractivity contribution in [3.8, 4) is 0 Å². The summed E-state index contributed by atoms with van der Waals surface area (Å²) in [6.45, 7) is 8.26. The predicted octanol–water partition coefficient (Wildman–Crippen LogP) is 3.80. The molecule has 5 heteroatoms. The van der Waals surface area contributed by atoms with Gasteiger partial charge in [-0.1, -0.05) is 28.8 Å². The first-order chi connectivity index (χ1) is 9.80. The molecule has 0 N–H and O–H groups in total. The van der Waals surface area contributed by atoms with Crippen molar-refractivity contribution in [2.75, 3.05) is 0 Å². The molecule has 1 aliphatic carbocycles. The highest BCUT2D eigenvalue weighted by atomic mass is 79.9. The van der Waals surface area contributed by atoms with Crippen LogP contribution in [0.5, 0.6) is 0 Å². The first-order valence-corrected chi connectivity index (χ1v) is 8.60. The minimum Gasteiger partial charge on any atom is -0.398 e. The van der Waals surface area contributed by atoms with E-state index < -0.39 is 0 Å². The molecule has 2 heterocycles. The summed E-state index contributed by atoms with van der Waals surface area (Å²) in [4.78, 5) is 4.62. The maximum Gasteiger partial charge on any atom is 0.514 e. The minimum atomic E-state index is -0.385. The fraction of sp³-hybridized carbons (Fsp3) is 0.688. The van der Waals surface area contributed by atoms with Crippen molar-refractivity contribution in [1.29, 1.82) is 0 Å². The summed E-state index contributed by atoms with van der Waals surface area (Å²) >= 11 is 3.71. The van der Waals surface area contributed by atoms with Crippen LogP contribution >= 0.6 is 15.9 Å². The number of hydrogen-bond acceptors (Lipinski definition) is 3. The summed E-state index contributed by atoms with van der Waals surface area (Å²) in [5.74, 6) is 0.652. The quantitative estimate of drug-likeness (QED) is 0.759. The molecule has 1 aromatic rings. The van der Waals surface area contributed by atoms with E-state index in [0.717, 1.165) is 10.1 Å². The number of hydrogen-bond donors (Lipinski definition) is 0. The molecule has 0 spiro atoms. The van der Waals surface area contributed by atoms with Crippen molar-refractivity contribution in [1.82, 2.24) is 4.98 Å². The number of halogens is 1. The molecule has 0 unspecified atom stereocenters. The van der Waals surface area contributed by atoms with Crippen molar-refractivity contribution < 1.29 is 9.31 Å². The van der Waals surface area contributed by atoms with Crippen LogP contribution < -0.4 is 5.59 Å². The molecule has 1 aromatic heterocycles. The Bertz CT molecular complexity index is 525. The molecular weight excluding hydrogens is 329 g/mol. The summed E-state index contributed by atoms with van der Waals surface area (Å²) in [6, 6.07) is 2.07. The number of pyridine rings is 1. The molecule has 3 nitrogen and oxygen atoms in total. The molecule has 0 bridgehead atoms. The van der Waals surface area contributed by atoms with E-state index in [1.807, 2.05) is 6.20 Å². The fourth-order valence-corrected chi connectivity index (χ4v) is 3.75. The second kappa shape index (κ2) is 5.36. The molecule has 21 heavy (non-hydrogen) atoms. The van der Waals surface area contributed by atoms with E-state index >= 15 is 0 Å². The van der Waals surface area contributed by atoms with Gasteiger partial charge in [-0.3, -0.25) is 4.98 Å². The molecule has 1 aliphatic heterocycles. The second-order valence-electron chi connectivity index (χ2n) is 7.20. The smallest absolute Gasteiger partial charge is 0.398 e. The van der Waals surface area contributed by atoms with Crippen LogP contribution in [0.4, 0.5) is 0 Å². The zero-order valence-corrected chi connectivity index (χ0v) is 14.9. The van der Waals surface area contributed by atoms with Crippen molar-refractivity contribution in [3.63, 3.8) is 0 Å². The second-order valence-corrected chi connectivity index (χ2v) is 8.05. The maximum absolute atomic E-state index is 6.06. The average Bonchev–Trinajstić information content (AvgIpc) is 2.96. The predicted molar refractivity (Wildman–Crippen MR) is 88.9 cm³/mol. The van der Waals surface area contributed by atoms with Gasteiger partial charge in [0.1, 0.15) is 0 Å². The first-order valence-electron chi connectivity index (χ1n) is 7.81. The van der Waals surface area contributed by atoms with Crippen LogP contribution in [0.3, 0.4) is 0 Å². The fourth-order valence-electron chi connectivity index (χ4n) is 3.09. The molecule has 0 radical (unpaired) electrons. The SMILES string of the molecule is CC1(C)OB(c2cc(Br)c(C3CCCC3)cn2)OC1(C)C. The molecule has 3 rings (SSSR count). The Kier molecular flexibility index (Phi) is 3.96. The highest BCUT2D eigenvalue weighted by Gasteiger charge is 2.52. The monoisotopic (exact) mass is 351 g/mol. The lowest BCUT2D eigenvalue weighted by molar-refractivity contribution is 0.00578. The molecule has 0 amide bonds. The van der Waals surface area contributed by atoms with E-state index in [0.29, 0.717) is 5.92 Å². The summed E-state index contributed by atoms with van der Waals surface area (Å²) in [5.41, 5.74) is 1.53. The van der Waals surface area contributed by atoms with Crippen molar-refractivity contribution in [3.05, 3.63) is 22.3 Å². The van der Waals surface area contributed by atoms with Crippen molar-refractivity contribution >= 4 is 28.6 Å². The van der Waals surface area contributed by atoms with E-state index in [4.69, 9.17) is 9.31 Å². The molecule has 2 aliphatic rings. The minimum absolute atomic E-state index is 0.323. The Labute approximate surface area is 136 Å². The number of rotatable bonds is 2. The Morgan fingerprint density at radius 1 is 1.14 bits per heavy atom. The lowest BCUT2D eigenvalue weighted by atomic mass is 9.83. The lowest BCUT2D eigenvalue weighted by Gasteiger charge is -2.32. The zero-order chi connectivity index (χ0) is 15.3. The Morgan fingerprint density at radius 3 is 2.24 bits per heavy atom. The average molecular weight is 352 g/mol. The summed E-state index contributed by atoms with van der Waals surface area (Å²) in [6.07, 6.45) is 7.21. The molecule has 114 valence electrons. The van der Waals surface area contributed by atoms with Crippen LogP contribution in [0.15, 0.2) is 16.7 Å². The van der Waals surface area contributed by atoms with Crippen molar-refractivity contribution in [2.45, 2.75) is 70.5 Å². The van der Waals surface area contributed by atoms with E-state index in [-0.39, 0.29) is 18.3 Å². The largest absolute Gasteiger partial charge is 0.514 e. The van der Waals surface area contributed by atoms with Crippen LogP contribution in [0.2, 0.25) is 0 Å². The number of nitrogens with zero attached hydrogens (tertiary/aromatic N) is 1. The van der Waals surface area contributed by atoms with Gasteiger partial charge in [-0.15, -0.1) is 0 Å². The highest BCUT2D eigenvalue weighted by molar-refractivity contribution is 9.10. The highest BCUT2D eigenvalue weighted by Crippen LogP contribution is 2.38. The van der Waals surface area contributed by atoms with Gasteiger partial charge in [-0.25, -0.2) is 0 Å². The third-order valence-corrected chi connectivity index (χ3v) is 5.88. The van der Waals surface area contributed by atoms with Crippen LogP contribution in [-0.2, 0) is 9.31 Å². The van der Waals surface area contributed by atoms with Crippen molar-refractivity contribution in [2.24, 2.45) is 0 Å². The van der Waals surface area contributed by atoms with Crippen LogP contribution in [0, 0.1) is 0 Å². The zero-order valence-electron chi connectivity index (χ0n) is 13.3. The van der Waals surface area contributed by atoms with Crippen LogP contribution in [0.1, 0.15) is 64.9 Å². The van der Waals surface area contributed by atoms with Gasteiger partial charge in [0.15, 0.2) is 0 Å². The Balaban J connectivity index is 1.83. The van der Waals surface area contributed by atoms with E-state index in [1.165, 1.54) is 31.2 Å². The molecule has 0 aromatic carbocycles. The first kappa shape index (κ1) is 15.5. The van der Waals surface area contributed by atoms with Gasteiger partial charge in [0.05, 0.1) is 16.8 Å². The van der Waals surface area contributed by atoms with E-state index in [2.05, 4.69) is 54.7 Å². The van der Waals surface area contributed by atoms with Gasteiger partial charge >= 0.3 is 7.12 Å². The molecule has 1 saturated carbocycles. The van der Waals surface area contributed by atoms with Gasteiger partial charge < -0.3 is 9.31 Å². The lowest BCUT2D eigenvalue weighted by Crippen LogP contribution is -2.41. The Hall–Kier alpha value is -0.385. The molecule has 2 fully saturated rings. The van der Waals surface area contributed by atoms with E-state index in [1.54, 1.807) is 0 Å². The maximum atomic E-state index is 6.06. The molecule has 1 saturated heterocycles. The van der Waals surface area contributed by atoms with Crippen LogP contribution in [0.25, 0.3) is 0 Å². The molecular formula is C16H23BBrNO2. The standard InChI is InChI=1S/C16H23BBrNO2/c1-15(2)16(3,4)21-17(20-15)14-9-13(18)12(10-19-14)11-7-5-6-8-11/h9-11H,5-8H2,1-4H3. The topological polar surface area (TPSA) is 31.4 Å². The van der Waals surface area contributed by atoms with Gasteiger partial charge in [0.25, 0.3) is 0 Å². The van der Waals surface area contributed by atoms with Gasteiger partial charge in [-0.05, 0) is 58.1 Å². The summed E-state index contributed by atoms with van der Waals surface area (Å²) in [7, 11) is -0.385. The summed E-state index contributed by atoms with van der Waals surface area (Å²) in [5, 5.41) is 0. The van der Waals surface area contributed by atoms with Crippen LogP contribution in [-0.4, -0.2) is 23.3 Å². The van der Waals surface area contributed by atoms with Gasteiger partial charge in [0.2, 0.25) is 0 Å². The van der Waals surface area contributed by atoms with Gasteiger partial charge in [0, 0.05) is 10.7 Å². The van der Waals surface area contributed by atoms with Gasteiger partial charge in [-0.2, -0.15) is 0 Å². The summed E-state index contributed by atoms with van der Waals surface area (Å²) < 4.78 is 13.3. The number of aromatic nitrogens is 1. The normalized spacial score (nSPS) is 24.7.